The number of rotatable bonds is 3. The van der Waals surface area contributed by atoms with E-state index in [1.165, 1.54) is 35.7 Å². The zero-order chi connectivity index (χ0) is 17.6. The molecule has 3 aliphatic carbocycles. The molecule has 3 unspecified atom stereocenters. The van der Waals surface area contributed by atoms with Crippen LogP contribution in [0.3, 0.4) is 0 Å². The first-order valence-electron chi connectivity index (χ1n) is 9.58. The Bertz CT molecular complexity index is 782. The fourth-order valence-electron chi connectivity index (χ4n) is 5.27. The Labute approximate surface area is 151 Å². The molecule has 0 radical (unpaired) electrons. The molecule has 2 N–H and O–H groups in total. The van der Waals surface area contributed by atoms with E-state index in [-0.39, 0.29) is 6.04 Å². The second-order valence-electron chi connectivity index (χ2n) is 7.91. The van der Waals surface area contributed by atoms with Gasteiger partial charge in [0, 0.05) is 0 Å². The summed E-state index contributed by atoms with van der Waals surface area (Å²) >= 11 is 0. The van der Waals surface area contributed by atoms with Crippen LogP contribution in [0.25, 0.3) is 0 Å². The molecule has 5 heteroatoms. The van der Waals surface area contributed by atoms with Crippen LogP contribution in [0.1, 0.15) is 56.9 Å². The molecule has 1 aromatic rings. The third kappa shape index (κ3) is 2.86. The first-order valence-corrected chi connectivity index (χ1v) is 11.0. The van der Waals surface area contributed by atoms with Crippen LogP contribution in [0.2, 0.25) is 0 Å². The first kappa shape index (κ1) is 17.3. The van der Waals surface area contributed by atoms with Crippen molar-refractivity contribution in [1.82, 2.24) is 4.41 Å². The van der Waals surface area contributed by atoms with Crippen LogP contribution in [-0.2, 0) is 10.0 Å². The minimum atomic E-state index is -3.66. The third-order valence-corrected chi connectivity index (χ3v) is 8.10. The zero-order valence-corrected chi connectivity index (χ0v) is 15.8. The predicted molar refractivity (Wildman–Crippen MR) is 99.1 cm³/mol. The van der Waals surface area contributed by atoms with Gasteiger partial charge < -0.3 is 0 Å². The summed E-state index contributed by atoms with van der Waals surface area (Å²) in [6, 6.07) is 6.89. The van der Waals surface area contributed by atoms with Gasteiger partial charge in [-0.05, 0) is 69.4 Å². The zero-order valence-electron chi connectivity index (χ0n) is 14.9. The van der Waals surface area contributed by atoms with E-state index >= 15 is 0 Å². The Hall–Kier alpha value is -1.17. The molecular formula is C20H28N2O2S. The molecule has 136 valence electrons. The van der Waals surface area contributed by atoms with Crippen LogP contribution in [0.4, 0.5) is 0 Å². The van der Waals surface area contributed by atoms with Crippen molar-refractivity contribution in [2.24, 2.45) is 17.7 Å². The summed E-state index contributed by atoms with van der Waals surface area (Å²) in [5.41, 5.74) is 3.95. The third-order valence-electron chi connectivity index (χ3n) is 6.45. The lowest BCUT2D eigenvalue weighted by Crippen LogP contribution is -2.49. The molecule has 3 aliphatic rings. The second kappa shape index (κ2) is 6.53. The molecule has 0 bridgehead atoms. The average Bonchev–Trinajstić information content (AvgIpc) is 2.96. The molecule has 0 spiro atoms. The maximum absolute atomic E-state index is 13.2. The number of nitrogens with zero attached hydrogens (tertiary/aromatic N) is 1. The molecule has 1 saturated carbocycles. The molecule has 25 heavy (non-hydrogen) atoms. The highest BCUT2D eigenvalue weighted by atomic mass is 32.2. The van der Waals surface area contributed by atoms with E-state index in [1.807, 2.05) is 19.1 Å². The van der Waals surface area contributed by atoms with Crippen molar-refractivity contribution in [1.29, 1.82) is 0 Å². The molecule has 0 saturated heterocycles. The number of sulfonamides is 1. The fourth-order valence-corrected chi connectivity index (χ4v) is 6.57. The smallest absolute Gasteiger partial charge is 0.254 e. The van der Waals surface area contributed by atoms with Crippen molar-refractivity contribution < 1.29 is 8.42 Å². The van der Waals surface area contributed by atoms with Gasteiger partial charge in [0.1, 0.15) is 0 Å². The summed E-state index contributed by atoms with van der Waals surface area (Å²) in [4.78, 5) is 0.304. The van der Waals surface area contributed by atoms with E-state index in [0.29, 0.717) is 16.7 Å². The molecule has 4 rings (SSSR count). The van der Waals surface area contributed by atoms with Crippen molar-refractivity contribution >= 4 is 10.0 Å². The number of benzene rings is 1. The Kier molecular flexibility index (Phi) is 4.50. The highest BCUT2D eigenvalue weighted by molar-refractivity contribution is 7.89. The standard InChI is InChI=1S/C20H28N2O2S/c1-14-10-12-15(13-11-14)25(23,24)22(21)20-18-8-4-2-6-16(18)17-7-3-5-9-19(17)20/h10-13,16,18,20H,2-9,21H2,1H3. The lowest BCUT2D eigenvalue weighted by Gasteiger charge is -2.35. The molecule has 0 aliphatic heterocycles. The molecule has 1 aromatic carbocycles. The van der Waals surface area contributed by atoms with Crippen LogP contribution in [0.5, 0.6) is 0 Å². The Morgan fingerprint density at radius 2 is 1.60 bits per heavy atom. The maximum atomic E-state index is 13.2. The van der Waals surface area contributed by atoms with Crippen LogP contribution in [0.15, 0.2) is 40.3 Å². The van der Waals surface area contributed by atoms with Gasteiger partial charge in [-0.2, -0.15) is 0 Å². The lowest BCUT2D eigenvalue weighted by molar-refractivity contribution is 0.197. The topological polar surface area (TPSA) is 63.4 Å². The number of allylic oxidation sites excluding steroid dienone is 1. The average molecular weight is 361 g/mol. The van der Waals surface area contributed by atoms with Crippen molar-refractivity contribution in [3.05, 3.63) is 41.0 Å². The Morgan fingerprint density at radius 1 is 0.960 bits per heavy atom. The van der Waals surface area contributed by atoms with Gasteiger partial charge >= 0.3 is 0 Å². The van der Waals surface area contributed by atoms with Gasteiger partial charge in [-0.3, -0.25) is 5.84 Å². The fraction of sp³-hybridized carbons (Fsp3) is 0.600. The molecule has 1 fully saturated rings. The summed E-state index contributed by atoms with van der Waals surface area (Å²) in [6.45, 7) is 1.96. The minimum absolute atomic E-state index is 0.132. The molecule has 4 nitrogen and oxygen atoms in total. The number of fused-ring (bicyclic) bond motifs is 2. The van der Waals surface area contributed by atoms with Crippen molar-refractivity contribution in [3.8, 4) is 0 Å². The van der Waals surface area contributed by atoms with Crippen LogP contribution >= 0.6 is 0 Å². The monoisotopic (exact) mass is 360 g/mol. The lowest BCUT2D eigenvalue weighted by atomic mass is 9.76. The maximum Gasteiger partial charge on any atom is 0.256 e. The first-order chi connectivity index (χ1) is 12.0. The minimum Gasteiger partial charge on any atom is -0.254 e. The summed E-state index contributed by atoms with van der Waals surface area (Å²) in [7, 11) is -3.66. The highest BCUT2D eigenvalue weighted by Gasteiger charge is 2.48. The highest BCUT2D eigenvalue weighted by Crippen LogP contribution is 2.52. The van der Waals surface area contributed by atoms with Gasteiger partial charge in [0.15, 0.2) is 0 Å². The largest absolute Gasteiger partial charge is 0.256 e. The van der Waals surface area contributed by atoms with Crippen LogP contribution < -0.4 is 5.84 Å². The Morgan fingerprint density at radius 3 is 2.32 bits per heavy atom. The predicted octanol–water partition coefficient (Wildman–Crippen LogP) is 3.92. The summed E-state index contributed by atoms with van der Waals surface area (Å²) in [6.07, 6.45) is 9.32. The van der Waals surface area contributed by atoms with Crippen molar-refractivity contribution in [2.45, 2.75) is 69.2 Å². The van der Waals surface area contributed by atoms with Crippen molar-refractivity contribution in [2.75, 3.05) is 0 Å². The van der Waals surface area contributed by atoms with E-state index in [4.69, 9.17) is 5.84 Å². The van der Waals surface area contributed by atoms with E-state index < -0.39 is 10.0 Å². The quantitative estimate of drug-likeness (QED) is 0.505. The summed E-state index contributed by atoms with van der Waals surface area (Å²) in [5, 5.41) is 0. The Balaban J connectivity index is 1.71. The van der Waals surface area contributed by atoms with Gasteiger partial charge in [0.2, 0.25) is 0 Å². The number of hydrogen-bond donors (Lipinski definition) is 1. The van der Waals surface area contributed by atoms with Crippen LogP contribution in [-0.4, -0.2) is 18.9 Å². The van der Waals surface area contributed by atoms with Gasteiger partial charge in [-0.15, -0.1) is 4.41 Å². The second-order valence-corrected chi connectivity index (χ2v) is 9.75. The molecule has 3 atom stereocenters. The molecular weight excluding hydrogens is 332 g/mol. The summed E-state index contributed by atoms with van der Waals surface area (Å²) in [5.74, 6) is 7.29. The van der Waals surface area contributed by atoms with Gasteiger partial charge in [0.05, 0.1) is 10.9 Å². The van der Waals surface area contributed by atoms with E-state index in [1.54, 1.807) is 17.7 Å². The molecule has 0 aromatic heterocycles. The van der Waals surface area contributed by atoms with Crippen molar-refractivity contribution in [3.63, 3.8) is 0 Å². The molecule has 0 amide bonds. The van der Waals surface area contributed by atoms with Gasteiger partial charge in [-0.1, -0.05) is 41.7 Å². The number of hydrazine groups is 1. The number of hydrogen-bond acceptors (Lipinski definition) is 3. The normalized spacial score (nSPS) is 29.6. The van der Waals surface area contributed by atoms with E-state index in [0.717, 1.165) is 31.2 Å². The number of nitrogens with two attached hydrogens (primary N) is 1. The van der Waals surface area contributed by atoms with Gasteiger partial charge in [0.25, 0.3) is 10.0 Å². The van der Waals surface area contributed by atoms with Crippen LogP contribution in [0, 0.1) is 18.8 Å². The SMILES string of the molecule is Cc1ccc(S(=O)(=O)N(N)C2C3=C(CCCC3)C3CCCCC32)cc1. The summed E-state index contributed by atoms with van der Waals surface area (Å²) < 4.78 is 27.5. The van der Waals surface area contributed by atoms with Gasteiger partial charge in [-0.25, -0.2) is 8.42 Å². The van der Waals surface area contributed by atoms with E-state index in [2.05, 4.69) is 0 Å². The number of aryl methyl sites for hydroxylation is 1. The van der Waals surface area contributed by atoms with E-state index in [9.17, 15) is 8.42 Å². The molecule has 0 heterocycles.